The molecule has 0 radical (unpaired) electrons. The van der Waals surface area contributed by atoms with Gasteiger partial charge in [-0.3, -0.25) is 0 Å². The third-order valence-corrected chi connectivity index (χ3v) is 9.80. The number of benzene rings is 7. The zero-order valence-electron chi connectivity index (χ0n) is 24.7. The Labute approximate surface area is 263 Å². The van der Waals surface area contributed by atoms with Crippen molar-refractivity contribution in [1.82, 2.24) is 9.13 Å². The van der Waals surface area contributed by atoms with E-state index in [1.165, 1.54) is 60.7 Å². The number of rotatable bonds is 2. The number of para-hydroxylation sites is 6. The lowest BCUT2D eigenvalue weighted by atomic mass is 10.1. The van der Waals surface area contributed by atoms with Gasteiger partial charge in [0.25, 0.3) is 0 Å². The molecule has 0 aliphatic carbocycles. The summed E-state index contributed by atoms with van der Waals surface area (Å²) in [6, 6.07) is 54.6. The average molecular weight is 588 g/mol. The van der Waals surface area contributed by atoms with Crippen molar-refractivity contribution in [3.8, 4) is 11.4 Å². The topological polar surface area (TPSA) is 26.2 Å². The molecule has 0 bridgehead atoms. The highest BCUT2D eigenvalue weighted by molar-refractivity contribution is 6.22. The maximum absolute atomic E-state index is 6.20. The first-order chi connectivity index (χ1) is 22.8. The van der Waals surface area contributed by atoms with Crippen molar-refractivity contribution < 1.29 is 4.42 Å². The van der Waals surface area contributed by atoms with Gasteiger partial charge in [0, 0.05) is 43.7 Å². The van der Waals surface area contributed by atoms with E-state index in [9.17, 15) is 0 Å². The second-order valence-corrected chi connectivity index (χ2v) is 12.2. The van der Waals surface area contributed by atoms with Crippen LogP contribution in [0.5, 0.6) is 0 Å². The maximum atomic E-state index is 6.20. The molecule has 0 fully saturated rings. The largest absolute Gasteiger partial charge is 0.456 e. The number of fused-ring (bicyclic) bond motifs is 11. The van der Waals surface area contributed by atoms with Crippen LogP contribution >= 0.6 is 0 Å². The molecule has 0 amide bonds. The molecule has 1 aliphatic heterocycles. The molecule has 0 spiro atoms. The van der Waals surface area contributed by atoms with Crippen molar-refractivity contribution in [2.24, 2.45) is 0 Å². The third kappa shape index (κ3) is 3.03. The monoisotopic (exact) mass is 587 g/mol. The van der Waals surface area contributed by atoms with Crippen molar-refractivity contribution in [2.75, 3.05) is 4.90 Å². The van der Waals surface area contributed by atoms with Gasteiger partial charge < -0.3 is 18.5 Å². The highest BCUT2D eigenvalue weighted by Gasteiger charge is 2.29. The van der Waals surface area contributed by atoms with Crippen LogP contribution in [0.4, 0.5) is 17.1 Å². The van der Waals surface area contributed by atoms with E-state index in [0.29, 0.717) is 0 Å². The number of furan rings is 1. The Morgan fingerprint density at radius 3 is 1.89 bits per heavy atom. The number of anilines is 3. The van der Waals surface area contributed by atoms with E-state index in [1.807, 2.05) is 12.1 Å². The smallest absolute Gasteiger partial charge is 0.135 e. The Bertz CT molecular complexity index is 2870. The number of nitrogens with zero attached hydrogens (tertiary/aromatic N) is 3. The van der Waals surface area contributed by atoms with Gasteiger partial charge in [-0.1, -0.05) is 78.9 Å². The molecule has 0 N–H and O–H groups in total. The zero-order valence-corrected chi connectivity index (χ0v) is 24.7. The molecular weight excluding hydrogens is 562 g/mol. The van der Waals surface area contributed by atoms with Crippen molar-refractivity contribution >= 4 is 82.6 Å². The molecule has 0 saturated heterocycles. The van der Waals surface area contributed by atoms with Crippen LogP contribution in [0.1, 0.15) is 0 Å². The van der Waals surface area contributed by atoms with Crippen molar-refractivity contribution in [1.29, 1.82) is 0 Å². The predicted molar refractivity (Wildman–Crippen MR) is 191 cm³/mol. The predicted octanol–water partition coefficient (Wildman–Crippen LogP) is 11.6. The lowest BCUT2D eigenvalue weighted by molar-refractivity contribution is 0.669. The fraction of sp³-hybridized carbons (Fsp3) is 0. The summed E-state index contributed by atoms with van der Waals surface area (Å²) in [5.41, 5.74) is 12.5. The summed E-state index contributed by atoms with van der Waals surface area (Å²) in [6.45, 7) is 0. The summed E-state index contributed by atoms with van der Waals surface area (Å²) in [5, 5.41) is 7.26. The van der Waals surface area contributed by atoms with Gasteiger partial charge in [0.15, 0.2) is 0 Å². The fourth-order valence-electron chi connectivity index (χ4n) is 7.90. The molecule has 11 rings (SSSR count). The summed E-state index contributed by atoms with van der Waals surface area (Å²) in [4.78, 5) is 2.41. The van der Waals surface area contributed by atoms with E-state index in [-0.39, 0.29) is 0 Å². The van der Waals surface area contributed by atoms with E-state index >= 15 is 0 Å². The van der Waals surface area contributed by atoms with Crippen LogP contribution in [0.2, 0.25) is 0 Å². The van der Waals surface area contributed by atoms with Crippen LogP contribution in [0.25, 0.3) is 76.9 Å². The molecule has 7 aromatic carbocycles. The van der Waals surface area contributed by atoms with E-state index in [0.717, 1.165) is 33.3 Å². The van der Waals surface area contributed by atoms with Crippen molar-refractivity contribution in [2.45, 2.75) is 0 Å². The molecule has 0 atom stereocenters. The van der Waals surface area contributed by atoms with E-state index < -0.39 is 0 Å². The highest BCUT2D eigenvalue weighted by Crippen LogP contribution is 2.51. The molecule has 0 unspecified atom stereocenters. The maximum Gasteiger partial charge on any atom is 0.135 e. The average Bonchev–Trinajstić information content (AvgIpc) is 3.76. The summed E-state index contributed by atoms with van der Waals surface area (Å²) in [6.07, 6.45) is 0. The molecule has 4 heterocycles. The van der Waals surface area contributed by atoms with Crippen LogP contribution in [0.15, 0.2) is 156 Å². The molecule has 4 heteroatoms. The van der Waals surface area contributed by atoms with Gasteiger partial charge in [0.05, 0.1) is 39.1 Å². The van der Waals surface area contributed by atoms with Crippen molar-refractivity contribution in [3.05, 3.63) is 152 Å². The first kappa shape index (κ1) is 24.1. The molecular formula is C42H25N3O. The number of hydrogen-bond acceptors (Lipinski definition) is 2. The lowest BCUT2D eigenvalue weighted by Crippen LogP contribution is -2.17. The summed E-state index contributed by atoms with van der Waals surface area (Å²) < 4.78 is 11.1. The van der Waals surface area contributed by atoms with E-state index in [4.69, 9.17) is 4.42 Å². The SMILES string of the molecule is c1ccc(-n2c3ccccc3c3cc4c(cc32)c2cccc3c2n4-c2ccccc2N3c2ccc3oc4ccccc4c3c2)cc1. The summed E-state index contributed by atoms with van der Waals surface area (Å²) in [5.74, 6) is 0. The Hall–Kier alpha value is -6.26. The molecule has 10 aromatic rings. The molecule has 3 aromatic heterocycles. The Morgan fingerprint density at radius 1 is 0.348 bits per heavy atom. The second kappa shape index (κ2) is 8.68. The first-order valence-electron chi connectivity index (χ1n) is 15.7. The van der Waals surface area contributed by atoms with Crippen LogP contribution in [-0.2, 0) is 0 Å². The van der Waals surface area contributed by atoms with Gasteiger partial charge in [-0.25, -0.2) is 0 Å². The van der Waals surface area contributed by atoms with Gasteiger partial charge >= 0.3 is 0 Å². The minimum Gasteiger partial charge on any atom is -0.456 e. The van der Waals surface area contributed by atoms with E-state index in [2.05, 4.69) is 154 Å². The molecule has 46 heavy (non-hydrogen) atoms. The van der Waals surface area contributed by atoms with Crippen LogP contribution in [0, 0.1) is 0 Å². The fourth-order valence-corrected chi connectivity index (χ4v) is 7.90. The normalized spacial score (nSPS) is 12.7. The van der Waals surface area contributed by atoms with Gasteiger partial charge in [-0.2, -0.15) is 0 Å². The quantitative estimate of drug-likeness (QED) is 0.201. The van der Waals surface area contributed by atoms with Crippen LogP contribution in [-0.4, -0.2) is 9.13 Å². The van der Waals surface area contributed by atoms with Gasteiger partial charge in [-0.05, 0) is 72.8 Å². The zero-order chi connectivity index (χ0) is 29.9. The lowest BCUT2D eigenvalue weighted by Gasteiger charge is -2.33. The summed E-state index contributed by atoms with van der Waals surface area (Å²) >= 11 is 0. The van der Waals surface area contributed by atoms with Gasteiger partial charge in [0.1, 0.15) is 11.2 Å². The Balaban J connectivity index is 1.25. The third-order valence-electron chi connectivity index (χ3n) is 9.80. The Morgan fingerprint density at radius 2 is 1.00 bits per heavy atom. The molecule has 214 valence electrons. The van der Waals surface area contributed by atoms with Crippen molar-refractivity contribution in [3.63, 3.8) is 0 Å². The minimum atomic E-state index is 0.903. The highest BCUT2D eigenvalue weighted by atomic mass is 16.3. The second-order valence-electron chi connectivity index (χ2n) is 12.2. The summed E-state index contributed by atoms with van der Waals surface area (Å²) in [7, 11) is 0. The van der Waals surface area contributed by atoms with Gasteiger partial charge in [0.2, 0.25) is 0 Å². The molecule has 4 nitrogen and oxygen atoms in total. The Kier molecular flexibility index (Phi) is 4.55. The van der Waals surface area contributed by atoms with Crippen LogP contribution < -0.4 is 4.90 Å². The van der Waals surface area contributed by atoms with Gasteiger partial charge in [-0.15, -0.1) is 0 Å². The van der Waals surface area contributed by atoms with Crippen LogP contribution in [0.3, 0.4) is 0 Å². The molecule has 0 saturated carbocycles. The first-order valence-corrected chi connectivity index (χ1v) is 15.7. The minimum absolute atomic E-state index is 0.903. The number of hydrogen-bond donors (Lipinski definition) is 0. The van der Waals surface area contributed by atoms with E-state index in [1.54, 1.807) is 0 Å². The number of aromatic nitrogens is 2. The molecule has 1 aliphatic rings. The standard InChI is InChI=1S/C42H25N3O/c1-2-11-26(12-3-1)43-34-16-6-4-13-28(34)31-24-39-32(25-38(31)43)30-15-10-19-37-42(30)45(39)36-18-8-7-17-35(36)44(37)27-21-22-41-33(23-27)29-14-5-9-20-40(29)46-41/h1-25H.